The molecule has 0 aromatic carbocycles. The number of likely N-dealkylation sites (tertiary alicyclic amines) is 1. The fourth-order valence-corrected chi connectivity index (χ4v) is 4.08. The maximum atomic E-state index is 12.0. The van der Waals surface area contributed by atoms with Gasteiger partial charge in [-0.2, -0.15) is 0 Å². The molecule has 0 aromatic rings. The molecule has 1 amide bonds. The molecule has 1 unspecified atom stereocenters. The van der Waals surface area contributed by atoms with Crippen LogP contribution in [0.4, 0.5) is 0 Å². The second-order valence-corrected chi connectivity index (χ2v) is 7.25. The molecule has 1 spiro atoms. The van der Waals surface area contributed by atoms with Gasteiger partial charge in [0.25, 0.3) is 0 Å². The fourth-order valence-electron chi connectivity index (χ4n) is 4.08. The van der Waals surface area contributed by atoms with Gasteiger partial charge < -0.3 is 20.3 Å². The lowest BCUT2D eigenvalue weighted by Crippen LogP contribution is -2.43. The van der Waals surface area contributed by atoms with Crippen molar-refractivity contribution in [3.05, 3.63) is 0 Å². The largest absolute Gasteiger partial charge is 0.381 e. The van der Waals surface area contributed by atoms with Crippen LogP contribution < -0.4 is 10.6 Å². The number of amides is 1. The minimum absolute atomic E-state index is 0.155. The Morgan fingerprint density at radius 2 is 2.17 bits per heavy atom. The van der Waals surface area contributed by atoms with Gasteiger partial charge in [0.05, 0.1) is 6.61 Å². The highest BCUT2D eigenvalue weighted by atomic mass is 16.5. The van der Waals surface area contributed by atoms with E-state index in [9.17, 15) is 4.79 Å². The average Bonchev–Trinajstić information content (AvgIpc) is 3.28. The van der Waals surface area contributed by atoms with Crippen molar-refractivity contribution >= 4 is 11.9 Å². The van der Waals surface area contributed by atoms with E-state index in [0.717, 1.165) is 51.5 Å². The summed E-state index contributed by atoms with van der Waals surface area (Å²) in [4.78, 5) is 18.7. The summed E-state index contributed by atoms with van der Waals surface area (Å²) in [7, 11) is 1.82. The Balaban J connectivity index is 1.39. The topological polar surface area (TPSA) is 66.0 Å². The van der Waals surface area contributed by atoms with Crippen molar-refractivity contribution < 1.29 is 9.53 Å². The molecule has 130 valence electrons. The highest BCUT2D eigenvalue weighted by Gasteiger charge is 2.42. The molecular weight excluding hydrogens is 292 g/mol. The maximum Gasteiger partial charge on any atom is 0.221 e. The summed E-state index contributed by atoms with van der Waals surface area (Å²) in [6, 6.07) is 0.405. The molecule has 6 heteroatoms. The third-order valence-corrected chi connectivity index (χ3v) is 5.49. The minimum Gasteiger partial charge on any atom is -0.381 e. The molecule has 3 fully saturated rings. The summed E-state index contributed by atoms with van der Waals surface area (Å²) >= 11 is 0. The van der Waals surface area contributed by atoms with Crippen LogP contribution in [0.25, 0.3) is 0 Å². The number of hydrogen-bond donors (Lipinski definition) is 2. The number of guanidine groups is 1. The van der Waals surface area contributed by atoms with E-state index in [0.29, 0.717) is 24.4 Å². The number of carbonyl (C=O) groups is 1. The zero-order valence-corrected chi connectivity index (χ0v) is 14.3. The molecule has 1 aliphatic carbocycles. The van der Waals surface area contributed by atoms with Gasteiger partial charge in [-0.25, -0.2) is 0 Å². The SMILES string of the molecule is CN=C(NCCC(=O)NC1CCCC1)N1CCC2(CCOC2)C1. The lowest BCUT2D eigenvalue weighted by atomic mass is 9.87. The molecule has 23 heavy (non-hydrogen) atoms. The van der Waals surface area contributed by atoms with Gasteiger partial charge in [0, 0.05) is 51.2 Å². The van der Waals surface area contributed by atoms with E-state index in [4.69, 9.17) is 4.74 Å². The molecular formula is C17H30N4O2. The Bertz CT molecular complexity index is 440. The number of nitrogens with zero attached hydrogens (tertiary/aromatic N) is 2. The Labute approximate surface area is 139 Å². The Morgan fingerprint density at radius 1 is 1.35 bits per heavy atom. The first kappa shape index (κ1) is 16.6. The van der Waals surface area contributed by atoms with Crippen LogP contribution in [-0.2, 0) is 9.53 Å². The third kappa shape index (κ3) is 4.16. The van der Waals surface area contributed by atoms with Gasteiger partial charge >= 0.3 is 0 Å². The first-order chi connectivity index (χ1) is 11.2. The van der Waals surface area contributed by atoms with Crippen molar-refractivity contribution in [1.29, 1.82) is 0 Å². The van der Waals surface area contributed by atoms with E-state index in [1.165, 1.54) is 19.3 Å². The van der Waals surface area contributed by atoms with Crippen LogP contribution in [0, 0.1) is 5.41 Å². The molecule has 0 radical (unpaired) electrons. The fraction of sp³-hybridized carbons (Fsp3) is 0.882. The first-order valence-corrected chi connectivity index (χ1v) is 9.03. The van der Waals surface area contributed by atoms with Crippen LogP contribution >= 0.6 is 0 Å². The number of rotatable bonds is 4. The van der Waals surface area contributed by atoms with Crippen LogP contribution in [0.1, 0.15) is 44.9 Å². The van der Waals surface area contributed by atoms with E-state index in [1.807, 2.05) is 7.05 Å². The Hall–Kier alpha value is -1.30. The molecule has 1 atom stereocenters. The summed E-state index contributed by atoms with van der Waals surface area (Å²) < 4.78 is 5.58. The zero-order valence-electron chi connectivity index (χ0n) is 14.3. The number of carbonyl (C=O) groups excluding carboxylic acids is 1. The average molecular weight is 322 g/mol. The van der Waals surface area contributed by atoms with Crippen LogP contribution in [0.2, 0.25) is 0 Å². The van der Waals surface area contributed by atoms with Crippen molar-refractivity contribution in [2.75, 3.05) is 39.9 Å². The second kappa shape index (κ2) is 7.51. The molecule has 3 rings (SSSR count). The number of hydrogen-bond acceptors (Lipinski definition) is 3. The summed E-state index contributed by atoms with van der Waals surface area (Å²) in [6.45, 7) is 4.45. The van der Waals surface area contributed by atoms with Gasteiger partial charge in [0.15, 0.2) is 5.96 Å². The Kier molecular flexibility index (Phi) is 5.41. The predicted molar refractivity (Wildman–Crippen MR) is 90.4 cm³/mol. The summed E-state index contributed by atoms with van der Waals surface area (Å²) in [5.74, 6) is 1.07. The highest BCUT2D eigenvalue weighted by molar-refractivity contribution is 5.81. The van der Waals surface area contributed by atoms with Gasteiger partial charge in [0.1, 0.15) is 0 Å². The van der Waals surface area contributed by atoms with E-state index in [-0.39, 0.29) is 5.91 Å². The smallest absolute Gasteiger partial charge is 0.221 e. The second-order valence-electron chi connectivity index (χ2n) is 7.25. The van der Waals surface area contributed by atoms with Crippen LogP contribution in [0.5, 0.6) is 0 Å². The number of ether oxygens (including phenoxy) is 1. The monoisotopic (exact) mass is 322 g/mol. The predicted octanol–water partition coefficient (Wildman–Crippen LogP) is 1.12. The lowest BCUT2D eigenvalue weighted by Gasteiger charge is -2.25. The quantitative estimate of drug-likeness (QED) is 0.601. The van der Waals surface area contributed by atoms with Gasteiger partial charge in [-0.05, 0) is 25.7 Å². The van der Waals surface area contributed by atoms with E-state index in [2.05, 4.69) is 20.5 Å². The number of nitrogens with one attached hydrogen (secondary N) is 2. The molecule has 1 saturated carbocycles. The highest BCUT2D eigenvalue weighted by Crippen LogP contribution is 2.38. The maximum absolute atomic E-state index is 12.0. The minimum atomic E-state index is 0.155. The standard InChI is InChI=1S/C17H30N4O2/c1-18-16(21-10-7-17(12-21)8-11-23-13-17)19-9-6-15(22)20-14-4-2-3-5-14/h14H,2-13H2,1H3,(H,18,19)(H,20,22). The van der Waals surface area contributed by atoms with Crippen molar-refractivity contribution in [3.63, 3.8) is 0 Å². The van der Waals surface area contributed by atoms with Crippen molar-refractivity contribution in [3.8, 4) is 0 Å². The lowest BCUT2D eigenvalue weighted by molar-refractivity contribution is -0.121. The van der Waals surface area contributed by atoms with Crippen molar-refractivity contribution in [2.24, 2.45) is 10.4 Å². The molecule has 6 nitrogen and oxygen atoms in total. The summed E-state index contributed by atoms with van der Waals surface area (Å²) in [6.07, 6.45) is 7.61. The first-order valence-electron chi connectivity index (χ1n) is 9.03. The molecule has 2 heterocycles. The zero-order chi connectivity index (χ0) is 16.1. The van der Waals surface area contributed by atoms with Crippen LogP contribution in [0.15, 0.2) is 4.99 Å². The normalized spacial score (nSPS) is 28.7. The summed E-state index contributed by atoms with van der Waals surface area (Å²) in [5.41, 5.74) is 0.331. The van der Waals surface area contributed by atoms with Crippen LogP contribution in [-0.4, -0.2) is 62.7 Å². The van der Waals surface area contributed by atoms with Gasteiger partial charge in [-0.1, -0.05) is 12.8 Å². The van der Waals surface area contributed by atoms with Gasteiger partial charge in [0.2, 0.25) is 5.91 Å². The van der Waals surface area contributed by atoms with Crippen LogP contribution in [0.3, 0.4) is 0 Å². The number of aliphatic imine (C=N–C) groups is 1. The molecule has 3 aliphatic rings. The van der Waals surface area contributed by atoms with E-state index in [1.54, 1.807) is 0 Å². The Morgan fingerprint density at radius 3 is 2.87 bits per heavy atom. The van der Waals surface area contributed by atoms with Crippen molar-refractivity contribution in [2.45, 2.75) is 51.0 Å². The molecule has 0 aromatic heterocycles. The molecule has 0 bridgehead atoms. The van der Waals surface area contributed by atoms with E-state index >= 15 is 0 Å². The molecule has 2 N–H and O–H groups in total. The molecule has 2 aliphatic heterocycles. The molecule has 2 saturated heterocycles. The summed E-state index contributed by atoms with van der Waals surface area (Å²) in [5, 5.41) is 6.48. The third-order valence-electron chi connectivity index (χ3n) is 5.49. The van der Waals surface area contributed by atoms with E-state index < -0.39 is 0 Å². The van der Waals surface area contributed by atoms with Crippen molar-refractivity contribution in [1.82, 2.24) is 15.5 Å². The van der Waals surface area contributed by atoms with Gasteiger partial charge in [-0.15, -0.1) is 0 Å². The van der Waals surface area contributed by atoms with Gasteiger partial charge in [-0.3, -0.25) is 9.79 Å².